The van der Waals surface area contributed by atoms with Crippen LogP contribution in [0.1, 0.15) is 31.2 Å². The van der Waals surface area contributed by atoms with Crippen LogP contribution in [0.5, 0.6) is 0 Å². The molecule has 80 valence electrons. The summed E-state index contributed by atoms with van der Waals surface area (Å²) in [5.74, 6) is 0. The first-order valence-electron chi connectivity index (χ1n) is 4.76. The van der Waals surface area contributed by atoms with Gasteiger partial charge in [0.15, 0.2) is 0 Å². The van der Waals surface area contributed by atoms with Crippen LogP contribution in [0.2, 0.25) is 4.34 Å². The van der Waals surface area contributed by atoms with Crippen LogP contribution in [0.4, 0.5) is 0 Å². The monoisotopic (exact) mass is 233 g/mol. The third-order valence-corrected chi connectivity index (χ3v) is 3.45. The molecule has 0 unspecified atom stereocenters. The third-order valence-electron chi connectivity index (χ3n) is 2.03. The number of aliphatic hydroxyl groups excluding tert-OH is 1. The van der Waals surface area contributed by atoms with Crippen molar-refractivity contribution in [1.29, 1.82) is 0 Å². The number of rotatable bonds is 5. The number of thiophene rings is 1. The molecule has 0 aliphatic rings. The van der Waals surface area contributed by atoms with E-state index in [4.69, 9.17) is 16.7 Å². The largest absolute Gasteiger partial charge is 0.393 e. The van der Waals surface area contributed by atoms with Gasteiger partial charge in [0, 0.05) is 10.9 Å². The highest BCUT2D eigenvalue weighted by atomic mass is 35.5. The maximum absolute atomic E-state index is 9.08. The fourth-order valence-electron chi connectivity index (χ4n) is 1.17. The molecule has 0 spiro atoms. The van der Waals surface area contributed by atoms with Gasteiger partial charge in [-0.05, 0) is 38.9 Å². The zero-order valence-electron chi connectivity index (χ0n) is 8.46. The maximum Gasteiger partial charge on any atom is 0.0931 e. The predicted octanol–water partition coefficient (Wildman–Crippen LogP) is 2.82. The highest BCUT2D eigenvalue weighted by Crippen LogP contribution is 2.26. The first-order valence-corrected chi connectivity index (χ1v) is 5.95. The maximum atomic E-state index is 9.08. The van der Waals surface area contributed by atoms with E-state index in [0.29, 0.717) is 6.04 Å². The van der Waals surface area contributed by atoms with Crippen LogP contribution >= 0.6 is 22.9 Å². The number of hydrogen-bond acceptors (Lipinski definition) is 3. The normalized spacial score (nSPS) is 15.4. The van der Waals surface area contributed by atoms with Crippen molar-refractivity contribution in [2.45, 2.75) is 32.4 Å². The standard InChI is InChI=1S/C10H16ClNOS/c1-7(13)5-6-12-8(2)9-3-4-10(11)14-9/h3-4,7-8,12-13H,5-6H2,1-2H3/t7-,8+/m1/s1. The van der Waals surface area contributed by atoms with Crippen LogP contribution in [0.25, 0.3) is 0 Å². The van der Waals surface area contributed by atoms with E-state index in [-0.39, 0.29) is 6.10 Å². The Labute approximate surface area is 93.9 Å². The van der Waals surface area contributed by atoms with Gasteiger partial charge >= 0.3 is 0 Å². The second-order valence-corrected chi connectivity index (χ2v) is 5.20. The Morgan fingerprint density at radius 3 is 2.71 bits per heavy atom. The molecule has 0 saturated heterocycles. The SMILES string of the molecule is C[C@H](NCC[C@@H](C)O)c1ccc(Cl)s1. The van der Waals surface area contributed by atoms with Crippen molar-refractivity contribution >= 4 is 22.9 Å². The van der Waals surface area contributed by atoms with Gasteiger partial charge in [-0.3, -0.25) is 0 Å². The van der Waals surface area contributed by atoms with E-state index >= 15 is 0 Å². The van der Waals surface area contributed by atoms with Crippen LogP contribution in [-0.2, 0) is 0 Å². The number of halogens is 1. The lowest BCUT2D eigenvalue weighted by Gasteiger charge is -2.12. The first-order chi connectivity index (χ1) is 6.59. The van der Waals surface area contributed by atoms with Gasteiger partial charge in [0.2, 0.25) is 0 Å². The first kappa shape index (κ1) is 12.0. The van der Waals surface area contributed by atoms with Crippen LogP contribution in [-0.4, -0.2) is 17.8 Å². The zero-order valence-corrected chi connectivity index (χ0v) is 10.0. The van der Waals surface area contributed by atoms with Crippen molar-refractivity contribution in [1.82, 2.24) is 5.32 Å². The Kier molecular flexibility index (Phi) is 4.89. The summed E-state index contributed by atoms with van der Waals surface area (Å²) in [6.07, 6.45) is 0.547. The lowest BCUT2D eigenvalue weighted by atomic mass is 10.2. The molecule has 4 heteroatoms. The van der Waals surface area contributed by atoms with Gasteiger partial charge < -0.3 is 10.4 Å². The smallest absolute Gasteiger partial charge is 0.0931 e. The quantitative estimate of drug-likeness (QED) is 0.820. The molecular formula is C10H16ClNOS. The highest BCUT2D eigenvalue weighted by Gasteiger charge is 2.07. The summed E-state index contributed by atoms with van der Waals surface area (Å²) in [4.78, 5) is 1.24. The van der Waals surface area contributed by atoms with Gasteiger partial charge in [-0.25, -0.2) is 0 Å². The van der Waals surface area contributed by atoms with Crippen molar-refractivity contribution < 1.29 is 5.11 Å². The van der Waals surface area contributed by atoms with Crippen LogP contribution in [0.15, 0.2) is 12.1 Å². The van der Waals surface area contributed by atoms with Gasteiger partial charge in [0.1, 0.15) is 0 Å². The van der Waals surface area contributed by atoms with Crippen LogP contribution in [0.3, 0.4) is 0 Å². The molecule has 0 fully saturated rings. The van der Waals surface area contributed by atoms with Crippen molar-refractivity contribution in [3.63, 3.8) is 0 Å². The van der Waals surface area contributed by atoms with Crippen molar-refractivity contribution in [2.24, 2.45) is 0 Å². The average molecular weight is 234 g/mol. The van der Waals surface area contributed by atoms with E-state index in [1.165, 1.54) is 4.88 Å². The highest BCUT2D eigenvalue weighted by molar-refractivity contribution is 7.16. The fourth-order valence-corrected chi connectivity index (χ4v) is 2.26. The summed E-state index contributed by atoms with van der Waals surface area (Å²) in [7, 11) is 0. The molecule has 0 amide bonds. The molecular weight excluding hydrogens is 218 g/mol. The zero-order chi connectivity index (χ0) is 10.6. The third kappa shape index (κ3) is 3.96. The topological polar surface area (TPSA) is 32.3 Å². The molecule has 0 bridgehead atoms. The Balaban J connectivity index is 2.32. The van der Waals surface area contributed by atoms with E-state index in [0.717, 1.165) is 17.3 Å². The van der Waals surface area contributed by atoms with E-state index in [2.05, 4.69) is 12.2 Å². The summed E-state index contributed by atoms with van der Waals surface area (Å²) in [6, 6.07) is 4.26. The van der Waals surface area contributed by atoms with Crippen molar-refractivity contribution in [2.75, 3.05) is 6.54 Å². The molecule has 14 heavy (non-hydrogen) atoms. The van der Waals surface area contributed by atoms with E-state index in [1.54, 1.807) is 18.3 Å². The van der Waals surface area contributed by atoms with Crippen LogP contribution < -0.4 is 5.32 Å². The Bertz CT molecular complexity index is 275. The van der Waals surface area contributed by atoms with Gasteiger partial charge in [-0.15, -0.1) is 11.3 Å². The fraction of sp³-hybridized carbons (Fsp3) is 0.600. The Morgan fingerprint density at radius 2 is 2.21 bits per heavy atom. The Hall–Kier alpha value is -0.0900. The van der Waals surface area contributed by atoms with Gasteiger partial charge in [-0.1, -0.05) is 11.6 Å². The molecule has 0 aromatic carbocycles. The molecule has 0 radical (unpaired) electrons. The minimum atomic E-state index is -0.235. The van der Waals surface area contributed by atoms with Crippen LogP contribution in [0, 0.1) is 0 Å². The van der Waals surface area contributed by atoms with Gasteiger partial charge in [0.05, 0.1) is 10.4 Å². The molecule has 0 aliphatic carbocycles. The average Bonchev–Trinajstić information content (AvgIpc) is 2.51. The lowest BCUT2D eigenvalue weighted by molar-refractivity contribution is 0.182. The van der Waals surface area contributed by atoms with E-state index in [1.807, 2.05) is 12.1 Å². The summed E-state index contributed by atoms with van der Waals surface area (Å²) in [5, 5.41) is 12.4. The van der Waals surface area contributed by atoms with Gasteiger partial charge in [0.25, 0.3) is 0 Å². The molecule has 0 aliphatic heterocycles. The summed E-state index contributed by atoms with van der Waals surface area (Å²) >= 11 is 7.43. The number of nitrogens with one attached hydrogen (secondary N) is 1. The van der Waals surface area contributed by atoms with Gasteiger partial charge in [-0.2, -0.15) is 0 Å². The minimum Gasteiger partial charge on any atom is -0.393 e. The lowest BCUT2D eigenvalue weighted by Crippen LogP contribution is -2.21. The second-order valence-electron chi connectivity index (χ2n) is 3.46. The predicted molar refractivity (Wildman–Crippen MR) is 62.0 cm³/mol. The molecule has 1 aromatic rings. The molecule has 2 N–H and O–H groups in total. The Morgan fingerprint density at radius 1 is 1.50 bits per heavy atom. The molecule has 1 heterocycles. The van der Waals surface area contributed by atoms with E-state index in [9.17, 15) is 0 Å². The second kappa shape index (κ2) is 5.71. The molecule has 2 nitrogen and oxygen atoms in total. The minimum absolute atomic E-state index is 0.235. The van der Waals surface area contributed by atoms with Crippen molar-refractivity contribution in [3.8, 4) is 0 Å². The number of hydrogen-bond donors (Lipinski definition) is 2. The summed E-state index contributed by atoms with van der Waals surface area (Å²) < 4.78 is 0.823. The molecule has 0 saturated carbocycles. The molecule has 1 rings (SSSR count). The molecule has 1 aromatic heterocycles. The van der Waals surface area contributed by atoms with Crippen molar-refractivity contribution in [3.05, 3.63) is 21.3 Å². The molecule has 2 atom stereocenters. The summed E-state index contributed by atoms with van der Waals surface area (Å²) in [6.45, 7) is 4.73. The van der Waals surface area contributed by atoms with E-state index < -0.39 is 0 Å². The summed E-state index contributed by atoms with van der Waals surface area (Å²) in [5.41, 5.74) is 0. The number of aliphatic hydroxyl groups is 1.